The number of methoxy groups -OCH3 is 2. The van der Waals surface area contributed by atoms with Gasteiger partial charge in [0.1, 0.15) is 5.75 Å². The van der Waals surface area contributed by atoms with Gasteiger partial charge >= 0.3 is 5.97 Å². The Balaban J connectivity index is 1.81. The molecular formula is C18H20O3. The van der Waals surface area contributed by atoms with Crippen LogP contribution in [-0.2, 0) is 9.53 Å². The second kappa shape index (κ2) is 4.62. The minimum absolute atomic E-state index is 0.137. The largest absolute Gasteiger partial charge is 0.497 e. The average Bonchev–Trinajstić information content (AvgIpc) is 3.05. The van der Waals surface area contributed by atoms with E-state index in [1.807, 2.05) is 18.2 Å². The van der Waals surface area contributed by atoms with E-state index >= 15 is 0 Å². The number of benzene rings is 1. The summed E-state index contributed by atoms with van der Waals surface area (Å²) in [5.41, 5.74) is 3.28. The van der Waals surface area contributed by atoms with Gasteiger partial charge in [-0.05, 0) is 60.3 Å². The third-order valence-corrected chi connectivity index (χ3v) is 5.66. The van der Waals surface area contributed by atoms with Crippen molar-refractivity contribution in [2.45, 2.75) is 19.3 Å². The molecule has 0 N–H and O–H groups in total. The first kappa shape index (κ1) is 12.9. The zero-order valence-corrected chi connectivity index (χ0v) is 12.5. The van der Waals surface area contributed by atoms with Gasteiger partial charge in [-0.2, -0.15) is 0 Å². The molecule has 21 heavy (non-hydrogen) atoms. The minimum Gasteiger partial charge on any atom is -0.497 e. The lowest BCUT2D eigenvalue weighted by molar-refractivity contribution is -0.137. The van der Waals surface area contributed by atoms with Gasteiger partial charge in [0.05, 0.1) is 14.2 Å². The molecule has 4 rings (SSSR count). The van der Waals surface area contributed by atoms with Gasteiger partial charge in [-0.3, -0.25) is 0 Å². The molecule has 1 aromatic carbocycles. The highest BCUT2D eigenvalue weighted by atomic mass is 16.5. The molecule has 2 bridgehead atoms. The van der Waals surface area contributed by atoms with Crippen molar-refractivity contribution >= 4 is 11.5 Å². The molecule has 0 spiro atoms. The van der Waals surface area contributed by atoms with Crippen molar-refractivity contribution in [1.82, 2.24) is 0 Å². The van der Waals surface area contributed by atoms with E-state index in [2.05, 4.69) is 6.07 Å². The number of allylic oxidation sites excluding steroid dienone is 1. The highest BCUT2D eigenvalue weighted by Gasteiger charge is 2.58. The average molecular weight is 284 g/mol. The number of fused-ring (bicyclic) bond motifs is 5. The first-order chi connectivity index (χ1) is 10.2. The Morgan fingerprint density at radius 3 is 2.62 bits per heavy atom. The molecule has 0 saturated heterocycles. The van der Waals surface area contributed by atoms with Gasteiger partial charge in [0, 0.05) is 11.5 Å². The van der Waals surface area contributed by atoms with Crippen molar-refractivity contribution in [2.75, 3.05) is 14.2 Å². The summed E-state index contributed by atoms with van der Waals surface area (Å²) in [7, 11) is 3.16. The lowest BCUT2D eigenvalue weighted by Gasteiger charge is -2.44. The van der Waals surface area contributed by atoms with Crippen molar-refractivity contribution in [3.05, 3.63) is 35.4 Å². The third kappa shape index (κ3) is 1.69. The van der Waals surface area contributed by atoms with E-state index in [-0.39, 0.29) is 5.97 Å². The Morgan fingerprint density at radius 1 is 1.14 bits per heavy atom. The van der Waals surface area contributed by atoms with Crippen molar-refractivity contribution < 1.29 is 14.3 Å². The quantitative estimate of drug-likeness (QED) is 0.799. The lowest BCUT2D eigenvalue weighted by Crippen LogP contribution is -2.38. The Morgan fingerprint density at radius 2 is 1.90 bits per heavy atom. The highest BCUT2D eigenvalue weighted by molar-refractivity contribution is 6.03. The number of ether oxygens (including phenoxy) is 2. The summed E-state index contributed by atoms with van der Waals surface area (Å²) in [6, 6.07) is 8.07. The number of rotatable bonds is 3. The molecule has 4 atom stereocenters. The van der Waals surface area contributed by atoms with Gasteiger partial charge in [0.25, 0.3) is 0 Å². The fraction of sp³-hybridized carbons (Fsp3) is 0.500. The van der Waals surface area contributed by atoms with E-state index in [4.69, 9.17) is 9.47 Å². The summed E-state index contributed by atoms with van der Waals surface area (Å²) in [4.78, 5) is 12.2. The second-order valence-electron chi connectivity index (χ2n) is 6.44. The maximum absolute atomic E-state index is 12.2. The molecule has 3 aliphatic carbocycles. The molecule has 0 radical (unpaired) electrons. The number of hydrogen-bond acceptors (Lipinski definition) is 3. The van der Waals surface area contributed by atoms with Crippen LogP contribution >= 0.6 is 0 Å². The molecule has 110 valence electrons. The normalized spacial score (nSPS) is 32.7. The molecule has 3 nitrogen and oxygen atoms in total. The summed E-state index contributed by atoms with van der Waals surface area (Å²) in [6.45, 7) is 0. The van der Waals surface area contributed by atoms with Crippen LogP contribution in [0.15, 0.2) is 29.8 Å². The predicted octanol–water partition coefficient (Wildman–Crippen LogP) is 3.30. The van der Waals surface area contributed by atoms with Crippen LogP contribution in [0.4, 0.5) is 0 Å². The Bertz CT molecular complexity index is 631. The standard InChI is InChI=1S/C18H20O3/c1-20-13-5-3-4-10(9-13)15-14-11-6-7-12(8-11)16(14)17(15)18(19)21-2/h3-5,9,11-12,14,16H,6-8H2,1-2H3/t11-,12+,14-,16-/m1/s1. The Hall–Kier alpha value is -1.77. The molecule has 0 heterocycles. The number of esters is 1. The maximum atomic E-state index is 12.2. The van der Waals surface area contributed by atoms with E-state index in [1.54, 1.807) is 7.11 Å². The van der Waals surface area contributed by atoms with Gasteiger partial charge in [-0.25, -0.2) is 4.79 Å². The van der Waals surface area contributed by atoms with Crippen molar-refractivity contribution in [2.24, 2.45) is 23.7 Å². The fourth-order valence-corrected chi connectivity index (χ4v) is 4.88. The van der Waals surface area contributed by atoms with Gasteiger partial charge < -0.3 is 9.47 Å². The van der Waals surface area contributed by atoms with Crippen LogP contribution in [0.25, 0.3) is 5.57 Å². The van der Waals surface area contributed by atoms with Crippen LogP contribution in [0.3, 0.4) is 0 Å². The predicted molar refractivity (Wildman–Crippen MR) is 79.7 cm³/mol. The van der Waals surface area contributed by atoms with E-state index in [0.29, 0.717) is 17.8 Å². The van der Waals surface area contributed by atoms with Gasteiger partial charge in [0.2, 0.25) is 0 Å². The monoisotopic (exact) mass is 284 g/mol. The Labute approximate surface area is 124 Å². The molecule has 0 amide bonds. The molecule has 2 fully saturated rings. The summed E-state index contributed by atoms with van der Waals surface area (Å²) in [6.07, 6.45) is 3.87. The first-order valence-electron chi connectivity index (χ1n) is 7.71. The van der Waals surface area contributed by atoms with Crippen LogP contribution < -0.4 is 4.74 Å². The smallest absolute Gasteiger partial charge is 0.334 e. The lowest BCUT2D eigenvalue weighted by atomic mass is 9.59. The fourth-order valence-electron chi connectivity index (χ4n) is 4.88. The van der Waals surface area contributed by atoms with E-state index in [9.17, 15) is 4.79 Å². The summed E-state index contributed by atoms with van der Waals surface area (Å²) >= 11 is 0. The van der Waals surface area contributed by atoms with Crippen LogP contribution in [-0.4, -0.2) is 20.2 Å². The van der Waals surface area contributed by atoms with Gasteiger partial charge in [-0.15, -0.1) is 0 Å². The highest BCUT2D eigenvalue weighted by Crippen LogP contribution is 2.66. The van der Waals surface area contributed by atoms with Crippen molar-refractivity contribution in [1.29, 1.82) is 0 Å². The van der Waals surface area contributed by atoms with Gasteiger partial charge in [0.15, 0.2) is 0 Å². The van der Waals surface area contributed by atoms with Crippen molar-refractivity contribution in [3.8, 4) is 5.75 Å². The van der Waals surface area contributed by atoms with Crippen LogP contribution in [0.1, 0.15) is 24.8 Å². The molecule has 2 saturated carbocycles. The van der Waals surface area contributed by atoms with Crippen LogP contribution in [0.5, 0.6) is 5.75 Å². The molecule has 3 aliphatic rings. The molecule has 0 aromatic heterocycles. The number of hydrogen-bond donors (Lipinski definition) is 0. The summed E-state index contributed by atoms with van der Waals surface area (Å²) < 4.78 is 10.4. The Kier molecular flexibility index (Phi) is 2.84. The second-order valence-corrected chi connectivity index (χ2v) is 6.44. The van der Waals surface area contributed by atoms with E-state index < -0.39 is 0 Å². The van der Waals surface area contributed by atoms with Crippen molar-refractivity contribution in [3.63, 3.8) is 0 Å². The number of carbonyl (C=O) groups is 1. The topological polar surface area (TPSA) is 35.5 Å². The summed E-state index contributed by atoms with van der Waals surface area (Å²) in [5, 5.41) is 0. The zero-order valence-electron chi connectivity index (χ0n) is 12.5. The van der Waals surface area contributed by atoms with Gasteiger partial charge in [-0.1, -0.05) is 12.1 Å². The van der Waals surface area contributed by atoms with E-state index in [0.717, 1.165) is 22.8 Å². The SMILES string of the molecule is COC(=O)C1=C(c2cccc(OC)c2)[C@H]2[C@@H]3CC[C@@H](C3)[C@@H]12. The number of carbonyl (C=O) groups excluding carboxylic acids is 1. The first-order valence-corrected chi connectivity index (χ1v) is 7.71. The molecule has 3 heteroatoms. The summed E-state index contributed by atoms with van der Waals surface area (Å²) in [5.74, 6) is 3.16. The maximum Gasteiger partial charge on any atom is 0.334 e. The zero-order chi connectivity index (χ0) is 14.6. The van der Waals surface area contributed by atoms with Crippen LogP contribution in [0, 0.1) is 23.7 Å². The molecule has 0 aliphatic heterocycles. The minimum atomic E-state index is -0.137. The third-order valence-electron chi connectivity index (χ3n) is 5.66. The van der Waals surface area contributed by atoms with Crippen LogP contribution in [0.2, 0.25) is 0 Å². The van der Waals surface area contributed by atoms with E-state index in [1.165, 1.54) is 31.9 Å². The molecule has 1 aromatic rings. The molecular weight excluding hydrogens is 264 g/mol. The molecule has 0 unspecified atom stereocenters.